The predicted octanol–water partition coefficient (Wildman–Crippen LogP) is 1.11. The van der Waals surface area contributed by atoms with E-state index in [1.54, 1.807) is 19.4 Å². The predicted molar refractivity (Wildman–Crippen MR) is 65.7 cm³/mol. The van der Waals surface area contributed by atoms with Crippen molar-refractivity contribution in [3.63, 3.8) is 0 Å². The van der Waals surface area contributed by atoms with E-state index >= 15 is 0 Å². The molecule has 0 saturated carbocycles. The second kappa shape index (κ2) is 5.46. The van der Waals surface area contributed by atoms with Gasteiger partial charge in [-0.25, -0.2) is 15.0 Å². The summed E-state index contributed by atoms with van der Waals surface area (Å²) < 4.78 is 10.3. The summed E-state index contributed by atoms with van der Waals surface area (Å²) in [5.74, 6) is 2.91. The molecule has 0 aliphatic carbocycles. The first-order chi connectivity index (χ1) is 8.67. The van der Waals surface area contributed by atoms with Gasteiger partial charge < -0.3 is 20.2 Å². The summed E-state index contributed by atoms with van der Waals surface area (Å²) in [4.78, 5) is 12.4. The van der Waals surface area contributed by atoms with Crippen LogP contribution in [0.15, 0.2) is 16.7 Å². The van der Waals surface area contributed by atoms with E-state index in [2.05, 4.69) is 20.3 Å². The number of nitrogens with one attached hydrogen (secondary N) is 1. The Labute approximate surface area is 104 Å². The lowest BCUT2D eigenvalue weighted by atomic mass is 10.4. The van der Waals surface area contributed by atoms with Crippen molar-refractivity contribution in [2.75, 3.05) is 18.2 Å². The van der Waals surface area contributed by atoms with E-state index in [-0.39, 0.29) is 0 Å². The van der Waals surface area contributed by atoms with Crippen LogP contribution in [0, 0.1) is 6.92 Å². The lowest BCUT2D eigenvalue weighted by molar-refractivity contribution is 0.178. The van der Waals surface area contributed by atoms with Crippen LogP contribution in [0.5, 0.6) is 0 Å². The molecule has 18 heavy (non-hydrogen) atoms. The number of aryl methyl sites for hydroxylation is 1. The smallest absolute Gasteiger partial charge is 0.213 e. The van der Waals surface area contributed by atoms with Crippen molar-refractivity contribution in [2.45, 2.75) is 20.1 Å². The fourth-order valence-corrected chi connectivity index (χ4v) is 1.45. The summed E-state index contributed by atoms with van der Waals surface area (Å²) in [6.45, 7) is 2.60. The first kappa shape index (κ1) is 12.3. The van der Waals surface area contributed by atoms with Gasteiger partial charge in [0.1, 0.15) is 24.0 Å². The zero-order valence-electron chi connectivity index (χ0n) is 10.3. The maximum atomic E-state index is 5.68. The van der Waals surface area contributed by atoms with Crippen LogP contribution in [0.4, 0.5) is 11.6 Å². The molecule has 96 valence electrons. The molecule has 0 atom stereocenters. The van der Waals surface area contributed by atoms with Crippen molar-refractivity contribution in [3.8, 4) is 0 Å². The minimum atomic E-state index is 0.317. The number of aromatic nitrogens is 3. The molecular formula is C11H15N5O2. The van der Waals surface area contributed by atoms with E-state index in [0.717, 1.165) is 5.76 Å². The zero-order chi connectivity index (χ0) is 13.0. The number of hydrogen-bond donors (Lipinski definition) is 2. The van der Waals surface area contributed by atoms with Crippen LogP contribution >= 0.6 is 0 Å². The fourth-order valence-electron chi connectivity index (χ4n) is 1.45. The van der Waals surface area contributed by atoms with Gasteiger partial charge in [-0.2, -0.15) is 0 Å². The van der Waals surface area contributed by atoms with E-state index in [1.165, 1.54) is 0 Å². The van der Waals surface area contributed by atoms with Crippen molar-refractivity contribution < 1.29 is 9.15 Å². The summed E-state index contributed by atoms with van der Waals surface area (Å²) >= 11 is 0. The van der Waals surface area contributed by atoms with Gasteiger partial charge in [0.05, 0.1) is 12.7 Å². The molecule has 0 aliphatic rings. The number of anilines is 2. The summed E-state index contributed by atoms with van der Waals surface area (Å²) in [5, 5.41) is 3.07. The molecule has 0 unspecified atom stereocenters. The molecule has 7 nitrogen and oxygen atoms in total. The summed E-state index contributed by atoms with van der Waals surface area (Å²) in [6, 6.07) is 1.65. The molecule has 3 N–H and O–H groups in total. The molecule has 0 saturated heterocycles. The molecule has 0 aliphatic heterocycles. The van der Waals surface area contributed by atoms with Gasteiger partial charge in [0.25, 0.3) is 0 Å². The van der Waals surface area contributed by atoms with E-state index in [1.807, 2.05) is 6.92 Å². The van der Waals surface area contributed by atoms with Crippen LogP contribution in [-0.4, -0.2) is 22.1 Å². The van der Waals surface area contributed by atoms with Crippen molar-refractivity contribution in [1.29, 1.82) is 0 Å². The van der Waals surface area contributed by atoms with E-state index in [4.69, 9.17) is 14.9 Å². The number of rotatable bonds is 5. The highest BCUT2D eigenvalue weighted by Gasteiger charge is 2.04. The Kier molecular flexibility index (Phi) is 3.73. The average Bonchev–Trinajstić information content (AvgIpc) is 2.72. The van der Waals surface area contributed by atoms with Crippen LogP contribution in [0.3, 0.4) is 0 Å². The maximum absolute atomic E-state index is 5.68. The topological polar surface area (TPSA) is 99.1 Å². The molecular weight excluding hydrogens is 234 g/mol. The molecule has 2 aromatic heterocycles. The lowest BCUT2D eigenvalue weighted by Gasteiger charge is -2.06. The SMILES string of the molecule is COCc1nc(N)cc(NCc2ncc(C)o2)n1. The highest BCUT2D eigenvalue weighted by molar-refractivity contribution is 5.44. The summed E-state index contributed by atoms with van der Waals surface area (Å²) in [5.41, 5.74) is 5.68. The van der Waals surface area contributed by atoms with Crippen LogP contribution in [0.25, 0.3) is 0 Å². The maximum Gasteiger partial charge on any atom is 0.213 e. The van der Waals surface area contributed by atoms with Crippen molar-refractivity contribution >= 4 is 11.6 Å². The van der Waals surface area contributed by atoms with E-state index in [9.17, 15) is 0 Å². The summed E-state index contributed by atoms with van der Waals surface area (Å²) in [6.07, 6.45) is 1.67. The Morgan fingerprint density at radius 2 is 2.28 bits per heavy atom. The number of hydrogen-bond acceptors (Lipinski definition) is 7. The minimum Gasteiger partial charge on any atom is -0.444 e. The Balaban J connectivity index is 2.04. The first-order valence-electron chi connectivity index (χ1n) is 5.45. The highest BCUT2D eigenvalue weighted by Crippen LogP contribution is 2.11. The second-order valence-corrected chi connectivity index (χ2v) is 3.75. The van der Waals surface area contributed by atoms with Crippen molar-refractivity contribution in [3.05, 3.63) is 29.7 Å². The largest absolute Gasteiger partial charge is 0.444 e. The van der Waals surface area contributed by atoms with E-state index < -0.39 is 0 Å². The molecule has 7 heteroatoms. The Hall–Kier alpha value is -2.15. The fraction of sp³-hybridized carbons (Fsp3) is 0.364. The molecule has 2 heterocycles. The molecule has 0 bridgehead atoms. The second-order valence-electron chi connectivity index (χ2n) is 3.75. The van der Waals surface area contributed by atoms with Gasteiger partial charge in [-0.1, -0.05) is 0 Å². The Morgan fingerprint density at radius 1 is 1.44 bits per heavy atom. The molecule has 2 aromatic rings. The third kappa shape index (κ3) is 3.17. The first-order valence-corrected chi connectivity index (χ1v) is 5.45. The third-order valence-corrected chi connectivity index (χ3v) is 2.16. The van der Waals surface area contributed by atoms with Gasteiger partial charge in [0, 0.05) is 13.2 Å². The number of ether oxygens (including phenoxy) is 1. The quantitative estimate of drug-likeness (QED) is 0.818. The zero-order valence-corrected chi connectivity index (χ0v) is 10.3. The molecule has 2 rings (SSSR count). The van der Waals surface area contributed by atoms with Gasteiger partial charge in [0.15, 0.2) is 5.82 Å². The number of oxazole rings is 1. The van der Waals surface area contributed by atoms with Crippen molar-refractivity contribution in [1.82, 2.24) is 15.0 Å². The van der Waals surface area contributed by atoms with Crippen LogP contribution in [-0.2, 0) is 17.9 Å². The standard InChI is InChI=1S/C11H15N5O2/c1-7-4-14-11(18-7)5-13-9-3-8(12)15-10(16-9)6-17-2/h3-4H,5-6H2,1-2H3,(H3,12,13,15,16). The Morgan fingerprint density at radius 3 is 2.94 bits per heavy atom. The van der Waals surface area contributed by atoms with Crippen LogP contribution in [0.2, 0.25) is 0 Å². The molecule has 0 amide bonds. The van der Waals surface area contributed by atoms with Gasteiger partial charge >= 0.3 is 0 Å². The number of nitrogens with zero attached hydrogens (tertiary/aromatic N) is 3. The minimum absolute atomic E-state index is 0.317. The number of nitrogens with two attached hydrogens (primary N) is 1. The molecule has 0 spiro atoms. The average molecular weight is 249 g/mol. The van der Waals surface area contributed by atoms with E-state index in [0.29, 0.717) is 36.5 Å². The normalized spacial score (nSPS) is 10.6. The van der Waals surface area contributed by atoms with Gasteiger partial charge in [-0.3, -0.25) is 0 Å². The summed E-state index contributed by atoms with van der Waals surface area (Å²) in [7, 11) is 1.58. The Bertz CT molecular complexity index is 526. The number of methoxy groups -OCH3 is 1. The van der Waals surface area contributed by atoms with Crippen LogP contribution in [0.1, 0.15) is 17.5 Å². The van der Waals surface area contributed by atoms with Gasteiger partial charge in [-0.05, 0) is 6.92 Å². The van der Waals surface area contributed by atoms with Gasteiger partial charge in [0.2, 0.25) is 5.89 Å². The third-order valence-electron chi connectivity index (χ3n) is 2.16. The highest BCUT2D eigenvalue weighted by atomic mass is 16.5. The van der Waals surface area contributed by atoms with Gasteiger partial charge in [-0.15, -0.1) is 0 Å². The molecule has 0 radical (unpaired) electrons. The van der Waals surface area contributed by atoms with Crippen LogP contribution < -0.4 is 11.1 Å². The number of nitrogen functional groups attached to an aromatic ring is 1. The van der Waals surface area contributed by atoms with Crippen molar-refractivity contribution in [2.24, 2.45) is 0 Å². The molecule has 0 fully saturated rings. The molecule has 0 aromatic carbocycles. The monoisotopic (exact) mass is 249 g/mol. The lowest BCUT2D eigenvalue weighted by Crippen LogP contribution is -2.07.